The zero-order chi connectivity index (χ0) is 17.8. The highest BCUT2D eigenvalue weighted by atomic mass is 32.1. The Hall–Kier alpha value is -2.18. The predicted octanol–water partition coefficient (Wildman–Crippen LogP) is 4.96. The number of nitrogens with zero attached hydrogens (tertiary/aromatic N) is 3. The standard InChI is InChI=1S/C19H21N3OS2/c1-4-16(14-7-9-15(23)10-8-14)21-22-17(18-6-5-11-24-18)12-25-19(22)20-13(2)3/h5-13,23H,4H2,1-3H3. The summed E-state index contributed by atoms with van der Waals surface area (Å²) < 4.78 is 1.95. The lowest BCUT2D eigenvalue weighted by atomic mass is 10.1. The van der Waals surface area contributed by atoms with E-state index >= 15 is 0 Å². The molecule has 0 saturated carbocycles. The second kappa shape index (κ2) is 7.80. The van der Waals surface area contributed by atoms with Crippen LogP contribution in [0, 0.1) is 0 Å². The highest BCUT2D eigenvalue weighted by Gasteiger charge is 2.11. The van der Waals surface area contributed by atoms with Crippen LogP contribution < -0.4 is 4.80 Å². The molecule has 0 bridgehead atoms. The quantitative estimate of drug-likeness (QED) is 0.634. The Morgan fingerprint density at radius 1 is 1.16 bits per heavy atom. The van der Waals surface area contributed by atoms with Gasteiger partial charge in [0, 0.05) is 11.4 Å². The highest BCUT2D eigenvalue weighted by Crippen LogP contribution is 2.25. The minimum Gasteiger partial charge on any atom is -0.508 e. The SMILES string of the molecule is CCC(=Nn1c(-c2cccs2)csc1=NC(C)C)c1ccc(O)cc1. The van der Waals surface area contributed by atoms with Gasteiger partial charge in [-0.05, 0) is 61.5 Å². The number of aromatic hydroxyl groups is 1. The minimum absolute atomic E-state index is 0.204. The van der Waals surface area contributed by atoms with Crippen molar-refractivity contribution in [3.63, 3.8) is 0 Å². The van der Waals surface area contributed by atoms with Crippen molar-refractivity contribution in [2.24, 2.45) is 10.1 Å². The maximum atomic E-state index is 9.52. The maximum absolute atomic E-state index is 9.52. The van der Waals surface area contributed by atoms with Crippen LogP contribution in [-0.4, -0.2) is 21.5 Å². The molecule has 25 heavy (non-hydrogen) atoms. The zero-order valence-corrected chi connectivity index (χ0v) is 16.1. The van der Waals surface area contributed by atoms with Crippen LogP contribution >= 0.6 is 22.7 Å². The molecule has 0 atom stereocenters. The Kier molecular flexibility index (Phi) is 5.50. The molecule has 2 heterocycles. The molecule has 1 N–H and O–H groups in total. The number of thiazole rings is 1. The van der Waals surface area contributed by atoms with Crippen LogP contribution in [0.15, 0.2) is 57.3 Å². The molecule has 0 spiro atoms. The van der Waals surface area contributed by atoms with E-state index in [9.17, 15) is 5.11 Å². The summed E-state index contributed by atoms with van der Waals surface area (Å²) in [6.45, 7) is 6.22. The van der Waals surface area contributed by atoms with Crippen molar-refractivity contribution in [2.75, 3.05) is 0 Å². The fraction of sp³-hybridized carbons (Fsp3) is 0.263. The molecule has 130 valence electrons. The second-order valence-electron chi connectivity index (χ2n) is 5.86. The van der Waals surface area contributed by atoms with Gasteiger partial charge in [-0.25, -0.2) is 4.68 Å². The Morgan fingerprint density at radius 3 is 2.52 bits per heavy atom. The molecule has 0 amide bonds. The molecule has 1 aromatic carbocycles. The van der Waals surface area contributed by atoms with Gasteiger partial charge in [0.1, 0.15) is 5.75 Å². The van der Waals surface area contributed by atoms with Gasteiger partial charge >= 0.3 is 0 Å². The number of hydrogen-bond donors (Lipinski definition) is 1. The van der Waals surface area contributed by atoms with Crippen molar-refractivity contribution in [1.29, 1.82) is 0 Å². The number of phenols is 1. The first kappa shape index (κ1) is 17.6. The van der Waals surface area contributed by atoms with Crippen molar-refractivity contribution < 1.29 is 5.11 Å². The van der Waals surface area contributed by atoms with E-state index in [-0.39, 0.29) is 11.8 Å². The van der Waals surface area contributed by atoms with Crippen LogP contribution in [0.3, 0.4) is 0 Å². The third kappa shape index (κ3) is 4.08. The van der Waals surface area contributed by atoms with Gasteiger partial charge < -0.3 is 5.11 Å². The lowest BCUT2D eigenvalue weighted by molar-refractivity contribution is 0.475. The lowest BCUT2D eigenvalue weighted by Crippen LogP contribution is -2.16. The normalized spacial score (nSPS) is 13.0. The summed E-state index contributed by atoms with van der Waals surface area (Å²) in [5.74, 6) is 0.261. The van der Waals surface area contributed by atoms with Gasteiger partial charge in [-0.15, -0.1) is 22.7 Å². The van der Waals surface area contributed by atoms with E-state index in [1.54, 1.807) is 34.8 Å². The van der Waals surface area contributed by atoms with Crippen LogP contribution in [-0.2, 0) is 0 Å². The van der Waals surface area contributed by atoms with Crippen molar-refractivity contribution in [2.45, 2.75) is 33.2 Å². The minimum atomic E-state index is 0.204. The van der Waals surface area contributed by atoms with E-state index in [2.05, 4.69) is 37.6 Å². The highest BCUT2D eigenvalue weighted by molar-refractivity contribution is 7.14. The molecule has 0 aliphatic rings. The number of rotatable bonds is 5. The summed E-state index contributed by atoms with van der Waals surface area (Å²) in [4.78, 5) is 6.79. The van der Waals surface area contributed by atoms with E-state index in [1.165, 1.54) is 4.88 Å². The summed E-state index contributed by atoms with van der Waals surface area (Å²) in [5, 5.41) is 18.6. The molecule has 6 heteroatoms. The molecule has 3 aromatic rings. The van der Waals surface area contributed by atoms with E-state index in [0.717, 1.165) is 28.2 Å². The van der Waals surface area contributed by atoms with Gasteiger partial charge in [0.15, 0.2) is 0 Å². The predicted molar refractivity (Wildman–Crippen MR) is 107 cm³/mol. The topological polar surface area (TPSA) is 49.9 Å². The van der Waals surface area contributed by atoms with Crippen LogP contribution in [0.5, 0.6) is 5.75 Å². The van der Waals surface area contributed by atoms with Gasteiger partial charge in [0.25, 0.3) is 0 Å². The Bertz CT molecular complexity index is 916. The lowest BCUT2D eigenvalue weighted by Gasteiger charge is -2.07. The first-order valence-electron chi connectivity index (χ1n) is 8.24. The smallest absolute Gasteiger partial charge is 0.206 e. The summed E-state index contributed by atoms with van der Waals surface area (Å²) in [5.41, 5.74) is 3.03. The summed E-state index contributed by atoms with van der Waals surface area (Å²) >= 11 is 3.31. The van der Waals surface area contributed by atoms with E-state index in [1.807, 2.05) is 22.9 Å². The summed E-state index contributed by atoms with van der Waals surface area (Å²) in [6.07, 6.45) is 0.790. The first-order valence-corrected chi connectivity index (χ1v) is 10.00. The molecule has 2 aromatic heterocycles. The zero-order valence-electron chi connectivity index (χ0n) is 14.5. The fourth-order valence-electron chi connectivity index (χ4n) is 2.41. The average Bonchev–Trinajstić information content (AvgIpc) is 3.23. The number of thiophene rings is 1. The molecular weight excluding hydrogens is 350 g/mol. The van der Waals surface area contributed by atoms with Crippen molar-refractivity contribution in [3.05, 3.63) is 57.5 Å². The number of aromatic nitrogens is 1. The summed E-state index contributed by atoms with van der Waals surface area (Å²) in [6, 6.07) is 11.5. The largest absolute Gasteiger partial charge is 0.508 e. The fourth-order valence-corrected chi connectivity index (χ4v) is 4.16. The van der Waals surface area contributed by atoms with Gasteiger partial charge in [-0.2, -0.15) is 5.10 Å². The molecule has 4 nitrogen and oxygen atoms in total. The van der Waals surface area contributed by atoms with Crippen LogP contribution in [0.1, 0.15) is 32.8 Å². The molecule has 0 aliphatic carbocycles. The van der Waals surface area contributed by atoms with E-state index in [4.69, 9.17) is 10.1 Å². The first-order chi connectivity index (χ1) is 12.1. The number of benzene rings is 1. The summed E-state index contributed by atoms with van der Waals surface area (Å²) in [7, 11) is 0. The van der Waals surface area contributed by atoms with Gasteiger partial charge in [0.2, 0.25) is 4.80 Å². The molecule has 0 radical (unpaired) electrons. The maximum Gasteiger partial charge on any atom is 0.206 e. The second-order valence-corrected chi connectivity index (χ2v) is 7.65. The monoisotopic (exact) mass is 371 g/mol. The third-order valence-corrected chi connectivity index (χ3v) is 5.31. The Balaban J connectivity index is 2.16. The average molecular weight is 372 g/mol. The van der Waals surface area contributed by atoms with Crippen LogP contribution in [0.4, 0.5) is 0 Å². The van der Waals surface area contributed by atoms with Gasteiger partial charge in [-0.1, -0.05) is 13.0 Å². The Morgan fingerprint density at radius 2 is 1.92 bits per heavy atom. The third-order valence-electron chi connectivity index (χ3n) is 3.58. The van der Waals surface area contributed by atoms with Crippen molar-refractivity contribution in [1.82, 2.24) is 4.68 Å². The molecule has 0 saturated heterocycles. The Labute approximate surface area is 155 Å². The molecule has 3 rings (SSSR count). The van der Waals surface area contributed by atoms with Gasteiger partial charge in [-0.3, -0.25) is 4.99 Å². The van der Waals surface area contributed by atoms with Crippen molar-refractivity contribution >= 4 is 28.4 Å². The van der Waals surface area contributed by atoms with Crippen LogP contribution in [0.25, 0.3) is 10.6 Å². The molecule has 0 fully saturated rings. The molecule has 0 unspecified atom stereocenters. The van der Waals surface area contributed by atoms with Crippen molar-refractivity contribution in [3.8, 4) is 16.3 Å². The van der Waals surface area contributed by atoms with E-state index < -0.39 is 0 Å². The number of hydrogen-bond acceptors (Lipinski definition) is 5. The van der Waals surface area contributed by atoms with Gasteiger partial charge in [0.05, 0.1) is 16.3 Å². The van der Waals surface area contributed by atoms with Crippen LogP contribution in [0.2, 0.25) is 0 Å². The number of phenolic OH excluding ortho intramolecular Hbond substituents is 1. The molecule has 0 aliphatic heterocycles. The molecular formula is C19H21N3OS2. The van der Waals surface area contributed by atoms with E-state index in [0.29, 0.717) is 0 Å².